The van der Waals surface area contributed by atoms with Gasteiger partial charge in [-0.15, -0.1) is 0 Å². The zero-order valence-electron chi connectivity index (χ0n) is 15.7. The first-order chi connectivity index (χ1) is 12.5. The number of ether oxygens (including phenoxy) is 1. The van der Waals surface area contributed by atoms with E-state index in [2.05, 4.69) is 22.2 Å². The minimum absolute atomic E-state index is 0.0177. The van der Waals surface area contributed by atoms with Crippen molar-refractivity contribution in [2.24, 2.45) is 0 Å². The van der Waals surface area contributed by atoms with Crippen LogP contribution in [0, 0.1) is 0 Å². The number of hydrogen-bond donors (Lipinski definition) is 1. The van der Waals surface area contributed by atoms with E-state index in [1.54, 1.807) is 6.07 Å². The maximum atomic E-state index is 13.1. The SMILES string of the molecule is CC(C)Oc1cc(C(=O)NC2C[C@H]3CC[C@@H](C2)N3C)c2ccccc2n1. The third-order valence-corrected chi connectivity index (χ3v) is 5.73. The minimum Gasteiger partial charge on any atom is -0.475 e. The monoisotopic (exact) mass is 353 g/mol. The molecule has 26 heavy (non-hydrogen) atoms. The Kier molecular flexibility index (Phi) is 4.57. The Morgan fingerprint density at radius 1 is 1.23 bits per heavy atom. The number of carbonyl (C=O) groups excluding carboxylic acids is 1. The van der Waals surface area contributed by atoms with Gasteiger partial charge in [-0.2, -0.15) is 0 Å². The van der Waals surface area contributed by atoms with Crippen LogP contribution in [0.3, 0.4) is 0 Å². The summed E-state index contributed by atoms with van der Waals surface area (Å²) in [5.74, 6) is 0.485. The molecule has 1 aromatic heterocycles. The first-order valence-electron chi connectivity index (χ1n) is 9.60. The Labute approximate surface area is 154 Å². The van der Waals surface area contributed by atoms with E-state index in [9.17, 15) is 4.79 Å². The number of benzene rings is 1. The van der Waals surface area contributed by atoms with Crippen LogP contribution in [0.1, 0.15) is 49.9 Å². The van der Waals surface area contributed by atoms with Crippen LogP contribution in [0.5, 0.6) is 5.88 Å². The van der Waals surface area contributed by atoms with Gasteiger partial charge in [0.15, 0.2) is 0 Å². The number of amides is 1. The van der Waals surface area contributed by atoms with Gasteiger partial charge in [-0.05, 0) is 52.6 Å². The molecule has 1 amide bonds. The van der Waals surface area contributed by atoms with Gasteiger partial charge in [0.1, 0.15) is 0 Å². The second-order valence-electron chi connectivity index (χ2n) is 7.88. The van der Waals surface area contributed by atoms with Gasteiger partial charge in [-0.1, -0.05) is 18.2 Å². The van der Waals surface area contributed by atoms with Crippen LogP contribution in [0.25, 0.3) is 10.9 Å². The molecule has 0 aliphatic carbocycles. The fraction of sp³-hybridized carbons (Fsp3) is 0.524. The van der Waals surface area contributed by atoms with E-state index >= 15 is 0 Å². The minimum atomic E-state index is -0.0221. The van der Waals surface area contributed by atoms with Crippen LogP contribution in [0.15, 0.2) is 30.3 Å². The Bertz CT molecular complexity index is 806. The van der Waals surface area contributed by atoms with Crippen molar-refractivity contribution in [3.8, 4) is 5.88 Å². The van der Waals surface area contributed by atoms with Crippen molar-refractivity contribution in [2.75, 3.05) is 7.05 Å². The third kappa shape index (κ3) is 3.28. The lowest BCUT2D eigenvalue weighted by atomic mass is 9.97. The van der Waals surface area contributed by atoms with Gasteiger partial charge < -0.3 is 15.0 Å². The van der Waals surface area contributed by atoms with Crippen molar-refractivity contribution in [3.05, 3.63) is 35.9 Å². The van der Waals surface area contributed by atoms with E-state index in [1.165, 1.54) is 12.8 Å². The second kappa shape index (κ2) is 6.88. The predicted octanol–water partition coefficient (Wildman–Crippen LogP) is 3.38. The quantitative estimate of drug-likeness (QED) is 0.916. The highest BCUT2D eigenvalue weighted by molar-refractivity contribution is 6.06. The maximum Gasteiger partial charge on any atom is 0.252 e. The van der Waals surface area contributed by atoms with Crippen molar-refractivity contribution >= 4 is 16.8 Å². The molecule has 2 saturated heterocycles. The summed E-state index contributed by atoms with van der Waals surface area (Å²) in [6, 6.07) is 11.0. The van der Waals surface area contributed by atoms with E-state index < -0.39 is 0 Å². The number of nitrogens with zero attached hydrogens (tertiary/aromatic N) is 2. The highest BCUT2D eigenvalue weighted by Crippen LogP contribution is 2.34. The molecule has 2 bridgehead atoms. The lowest BCUT2D eigenvalue weighted by Crippen LogP contribution is -2.48. The molecule has 1 unspecified atom stereocenters. The molecule has 4 rings (SSSR count). The smallest absolute Gasteiger partial charge is 0.252 e. The zero-order valence-corrected chi connectivity index (χ0v) is 15.7. The standard InChI is InChI=1S/C21H27N3O2/c1-13(2)26-20-12-18(17-6-4-5-7-19(17)23-20)21(25)22-14-10-15-8-9-16(11-14)24(15)3/h4-7,12-16H,8-11H2,1-3H3,(H,22,25)/t14?,15-,16+. The lowest BCUT2D eigenvalue weighted by Gasteiger charge is -2.36. The average molecular weight is 353 g/mol. The highest BCUT2D eigenvalue weighted by Gasteiger charge is 2.38. The average Bonchev–Trinajstić information content (AvgIpc) is 2.81. The van der Waals surface area contributed by atoms with Crippen molar-refractivity contribution in [1.29, 1.82) is 0 Å². The molecule has 3 atom stereocenters. The first-order valence-corrected chi connectivity index (χ1v) is 9.60. The molecule has 138 valence electrons. The number of fused-ring (bicyclic) bond motifs is 3. The second-order valence-corrected chi connectivity index (χ2v) is 7.88. The molecule has 2 aromatic rings. The van der Waals surface area contributed by atoms with Gasteiger partial charge in [0, 0.05) is 29.6 Å². The molecule has 2 aliphatic heterocycles. The Morgan fingerprint density at radius 2 is 1.92 bits per heavy atom. The summed E-state index contributed by atoms with van der Waals surface area (Å²) in [5.41, 5.74) is 1.44. The fourth-order valence-corrected chi connectivity index (χ4v) is 4.43. The largest absolute Gasteiger partial charge is 0.475 e. The summed E-state index contributed by atoms with van der Waals surface area (Å²) >= 11 is 0. The predicted molar refractivity (Wildman–Crippen MR) is 103 cm³/mol. The maximum absolute atomic E-state index is 13.1. The van der Waals surface area contributed by atoms with Crippen molar-refractivity contribution in [2.45, 2.75) is 63.8 Å². The van der Waals surface area contributed by atoms with Gasteiger partial charge in [0.2, 0.25) is 5.88 Å². The van der Waals surface area contributed by atoms with E-state index in [-0.39, 0.29) is 18.1 Å². The summed E-state index contributed by atoms with van der Waals surface area (Å²) in [7, 11) is 2.21. The molecule has 3 heterocycles. The summed E-state index contributed by atoms with van der Waals surface area (Å²) in [6.45, 7) is 3.93. The molecule has 2 aliphatic rings. The Hall–Kier alpha value is -2.14. The van der Waals surface area contributed by atoms with Crippen LogP contribution in [-0.4, -0.2) is 47.1 Å². The van der Waals surface area contributed by atoms with Crippen molar-refractivity contribution < 1.29 is 9.53 Å². The molecular formula is C21H27N3O2. The van der Waals surface area contributed by atoms with Crippen LogP contribution >= 0.6 is 0 Å². The number of rotatable bonds is 4. The fourth-order valence-electron chi connectivity index (χ4n) is 4.43. The summed E-state index contributed by atoms with van der Waals surface area (Å²) < 4.78 is 5.76. The summed E-state index contributed by atoms with van der Waals surface area (Å²) in [6.07, 6.45) is 4.59. The molecule has 1 aromatic carbocycles. The number of para-hydroxylation sites is 1. The molecule has 0 saturated carbocycles. The lowest BCUT2D eigenvalue weighted by molar-refractivity contribution is 0.0883. The normalized spacial score (nSPS) is 25.6. The number of hydrogen-bond acceptors (Lipinski definition) is 4. The molecule has 2 fully saturated rings. The van der Waals surface area contributed by atoms with Gasteiger partial charge in [0.25, 0.3) is 5.91 Å². The Morgan fingerprint density at radius 3 is 2.62 bits per heavy atom. The van der Waals surface area contributed by atoms with E-state index in [0.717, 1.165) is 23.7 Å². The summed E-state index contributed by atoms with van der Waals surface area (Å²) in [5, 5.41) is 4.15. The van der Waals surface area contributed by atoms with E-state index in [1.807, 2.05) is 38.1 Å². The van der Waals surface area contributed by atoms with Crippen LogP contribution < -0.4 is 10.1 Å². The molecule has 5 nitrogen and oxygen atoms in total. The highest BCUT2D eigenvalue weighted by atomic mass is 16.5. The van der Waals surface area contributed by atoms with Crippen molar-refractivity contribution in [3.63, 3.8) is 0 Å². The molecule has 1 N–H and O–H groups in total. The van der Waals surface area contributed by atoms with Crippen LogP contribution in [0.2, 0.25) is 0 Å². The molecule has 0 spiro atoms. The number of aromatic nitrogens is 1. The number of carbonyl (C=O) groups is 1. The Balaban J connectivity index is 1.59. The topological polar surface area (TPSA) is 54.5 Å². The van der Waals surface area contributed by atoms with Gasteiger partial charge >= 0.3 is 0 Å². The number of pyridine rings is 1. The van der Waals surface area contributed by atoms with Gasteiger partial charge in [0.05, 0.1) is 17.2 Å². The summed E-state index contributed by atoms with van der Waals surface area (Å²) in [4.78, 5) is 20.1. The molecular weight excluding hydrogens is 326 g/mol. The molecule has 0 radical (unpaired) electrons. The number of piperidine rings is 1. The van der Waals surface area contributed by atoms with Crippen LogP contribution in [-0.2, 0) is 0 Å². The number of nitrogens with one attached hydrogen (secondary N) is 1. The molecule has 5 heteroatoms. The van der Waals surface area contributed by atoms with Gasteiger partial charge in [-0.3, -0.25) is 4.79 Å². The van der Waals surface area contributed by atoms with Crippen molar-refractivity contribution in [1.82, 2.24) is 15.2 Å². The van der Waals surface area contributed by atoms with E-state index in [0.29, 0.717) is 23.5 Å². The van der Waals surface area contributed by atoms with Gasteiger partial charge in [-0.25, -0.2) is 4.98 Å². The first kappa shape index (κ1) is 17.3. The van der Waals surface area contributed by atoms with E-state index in [4.69, 9.17) is 4.74 Å². The zero-order chi connectivity index (χ0) is 18.3. The van der Waals surface area contributed by atoms with Crippen LogP contribution in [0.4, 0.5) is 0 Å². The third-order valence-electron chi connectivity index (χ3n) is 5.73.